The molecule has 2 N–H and O–H groups in total. The van der Waals surface area contributed by atoms with E-state index in [0.29, 0.717) is 12.8 Å². The smallest absolute Gasteiger partial charge is 0.116 e. The van der Waals surface area contributed by atoms with Gasteiger partial charge in [0.1, 0.15) is 6.17 Å². The molecule has 12 heavy (non-hydrogen) atoms. The largest absolute Gasteiger partial charge is 0.325 e. The van der Waals surface area contributed by atoms with Gasteiger partial charge in [0, 0.05) is 17.0 Å². The number of hydrogen-bond donors (Lipinski definition) is 1. The van der Waals surface area contributed by atoms with Crippen LogP contribution < -0.4 is 5.73 Å². The molecule has 1 saturated carbocycles. The maximum atomic E-state index is 12.8. The molecule has 3 unspecified atom stereocenters. The van der Waals surface area contributed by atoms with E-state index < -0.39 is 6.17 Å². The Bertz CT molecular complexity index is 182. The summed E-state index contributed by atoms with van der Waals surface area (Å²) in [6.45, 7) is 0. The molecule has 0 amide bonds. The van der Waals surface area contributed by atoms with Crippen molar-refractivity contribution in [3.05, 3.63) is 10.4 Å². The van der Waals surface area contributed by atoms with Crippen LogP contribution in [0.2, 0.25) is 0 Å². The first-order valence-electron chi connectivity index (χ1n) is 3.68. The number of nitrogens with two attached hydrogens (primary N) is 1. The molecule has 1 fully saturated rings. The van der Waals surface area contributed by atoms with Gasteiger partial charge in [0.15, 0.2) is 0 Å². The van der Waals surface area contributed by atoms with Crippen LogP contribution >= 0.6 is 12.4 Å². The van der Waals surface area contributed by atoms with Crippen LogP contribution in [-0.2, 0) is 0 Å². The van der Waals surface area contributed by atoms with Crippen LogP contribution in [0.1, 0.15) is 19.3 Å². The van der Waals surface area contributed by atoms with Crippen LogP contribution in [0, 0.1) is 0 Å². The first kappa shape index (κ1) is 11.5. The minimum atomic E-state index is -1.00. The second kappa shape index (κ2) is 5.19. The van der Waals surface area contributed by atoms with Crippen molar-refractivity contribution in [3.8, 4) is 0 Å². The third kappa shape index (κ3) is 2.85. The summed E-state index contributed by atoms with van der Waals surface area (Å²) < 4.78 is 12.8. The molecule has 1 aliphatic rings. The second-order valence-electron chi connectivity index (χ2n) is 2.85. The number of alkyl halides is 1. The summed E-state index contributed by atoms with van der Waals surface area (Å²) in [7, 11) is 0. The monoisotopic (exact) mass is 194 g/mol. The molecule has 0 bridgehead atoms. The Morgan fingerprint density at radius 3 is 2.67 bits per heavy atom. The highest BCUT2D eigenvalue weighted by molar-refractivity contribution is 5.85. The van der Waals surface area contributed by atoms with Gasteiger partial charge in [-0.1, -0.05) is 5.11 Å². The minimum absolute atomic E-state index is 0. The Morgan fingerprint density at radius 1 is 1.50 bits per heavy atom. The fraction of sp³-hybridized carbons (Fsp3) is 1.00. The van der Waals surface area contributed by atoms with E-state index in [2.05, 4.69) is 10.0 Å². The SMILES string of the molecule is Cl.[N-]=[N+]=NC1CCC(N)C(F)C1. The highest BCUT2D eigenvalue weighted by Gasteiger charge is 2.26. The summed E-state index contributed by atoms with van der Waals surface area (Å²) in [5.74, 6) is 0. The maximum Gasteiger partial charge on any atom is 0.116 e. The van der Waals surface area contributed by atoms with Gasteiger partial charge in [0.2, 0.25) is 0 Å². The summed E-state index contributed by atoms with van der Waals surface area (Å²) in [6.07, 6.45) is 0.612. The van der Waals surface area contributed by atoms with Gasteiger partial charge in [-0.05, 0) is 24.8 Å². The molecular formula is C6H12ClFN4. The molecule has 0 aliphatic heterocycles. The van der Waals surface area contributed by atoms with Crippen molar-refractivity contribution in [1.82, 2.24) is 0 Å². The van der Waals surface area contributed by atoms with Crippen LogP contribution in [0.3, 0.4) is 0 Å². The number of rotatable bonds is 1. The van der Waals surface area contributed by atoms with Crippen LogP contribution in [0.4, 0.5) is 4.39 Å². The van der Waals surface area contributed by atoms with E-state index >= 15 is 0 Å². The van der Waals surface area contributed by atoms with Crippen LogP contribution in [0.5, 0.6) is 0 Å². The Kier molecular flexibility index (Phi) is 4.97. The predicted molar refractivity (Wildman–Crippen MR) is 46.9 cm³/mol. The average Bonchev–Trinajstić information content (AvgIpc) is 1.98. The molecule has 0 saturated heterocycles. The quantitative estimate of drug-likeness (QED) is 0.387. The van der Waals surface area contributed by atoms with Crippen LogP contribution in [0.25, 0.3) is 10.4 Å². The van der Waals surface area contributed by atoms with Gasteiger partial charge in [-0.2, -0.15) is 0 Å². The molecule has 0 aromatic rings. The summed E-state index contributed by atoms with van der Waals surface area (Å²) in [4.78, 5) is 2.64. The lowest BCUT2D eigenvalue weighted by Gasteiger charge is -2.26. The van der Waals surface area contributed by atoms with Gasteiger partial charge >= 0.3 is 0 Å². The summed E-state index contributed by atoms with van der Waals surface area (Å²) in [5.41, 5.74) is 13.5. The molecule has 6 heteroatoms. The maximum absolute atomic E-state index is 12.8. The topological polar surface area (TPSA) is 74.8 Å². The first-order chi connectivity index (χ1) is 5.24. The Hall–Kier alpha value is -0.510. The fourth-order valence-electron chi connectivity index (χ4n) is 1.30. The lowest BCUT2D eigenvalue weighted by atomic mass is 9.91. The fourth-order valence-corrected chi connectivity index (χ4v) is 1.30. The van der Waals surface area contributed by atoms with Crippen molar-refractivity contribution in [2.45, 2.75) is 37.5 Å². The lowest BCUT2D eigenvalue weighted by molar-refractivity contribution is 0.201. The number of nitrogens with zero attached hydrogens (tertiary/aromatic N) is 3. The minimum Gasteiger partial charge on any atom is -0.325 e. The summed E-state index contributed by atoms with van der Waals surface area (Å²) in [5, 5.41) is 3.45. The third-order valence-electron chi connectivity index (χ3n) is 2.01. The molecule has 1 aliphatic carbocycles. The Morgan fingerprint density at radius 2 is 2.17 bits per heavy atom. The average molecular weight is 195 g/mol. The molecule has 1 rings (SSSR count). The zero-order chi connectivity index (χ0) is 8.27. The van der Waals surface area contributed by atoms with Gasteiger partial charge in [-0.3, -0.25) is 0 Å². The van der Waals surface area contributed by atoms with Crippen LogP contribution in [0.15, 0.2) is 5.11 Å². The lowest BCUT2D eigenvalue weighted by Crippen LogP contribution is -2.38. The Labute approximate surface area is 76.4 Å². The molecule has 0 heterocycles. The normalized spacial score (nSPS) is 34.7. The van der Waals surface area contributed by atoms with Crippen molar-refractivity contribution in [2.24, 2.45) is 10.8 Å². The zero-order valence-electron chi connectivity index (χ0n) is 6.56. The molecule has 0 radical (unpaired) electrons. The van der Waals surface area contributed by atoms with Crippen molar-refractivity contribution >= 4 is 12.4 Å². The molecular weight excluding hydrogens is 183 g/mol. The number of azide groups is 1. The van der Waals surface area contributed by atoms with E-state index in [0.717, 1.165) is 0 Å². The van der Waals surface area contributed by atoms with Crippen molar-refractivity contribution in [3.63, 3.8) is 0 Å². The standard InChI is InChI=1S/C6H11FN4.ClH/c7-5-3-4(10-11-9)1-2-6(5)8;/h4-6H,1-3,8H2;1H. The molecule has 3 atom stereocenters. The van der Waals surface area contributed by atoms with E-state index in [1.165, 1.54) is 0 Å². The molecule has 0 aromatic heterocycles. The summed E-state index contributed by atoms with van der Waals surface area (Å²) in [6, 6.07) is -0.546. The molecule has 70 valence electrons. The van der Waals surface area contributed by atoms with Gasteiger partial charge in [-0.15, -0.1) is 12.4 Å². The van der Waals surface area contributed by atoms with E-state index in [1.807, 2.05) is 0 Å². The highest BCUT2D eigenvalue weighted by Crippen LogP contribution is 2.22. The van der Waals surface area contributed by atoms with E-state index in [-0.39, 0.29) is 30.9 Å². The third-order valence-corrected chi connectivity index (χ3v) is 2.01. The van der Waals surface area contributed by atoms with E-state index in [1.54, 1.807) is 0 Å². The van der Waals surface area contributed by atoms with Crippen molar-refractivity contribution in [2.75, 3.05) is 0 Å². The molecule has 4 nitrogen and oxygen atoms in total. The Balaban J connectivity index is 0.00000121. The molecule has 0 aromatic carbocycles. The van der Waals surface area contributed by atoms with E-state index in [4.69, 9.17) is 11.3 Å². The van der Waals surface area contributed by atoms with Crippen LogP contribution in [-0.4, -0.2) is 18.3 Å². The van der Waals surface area contributed by atoms with Crippen molar-refractivity contribution in [1.29, 1.82) is 0 Å². The van der Waals surface area contributed by atoms with Gasteiger partial charge in [0.25, 0.3) is 0 Å². The van der Waals surface area contributed by atoms with E-state index in [9.17, 15) is 4.39 Å². The summed E-state index contributed by atoms with van der Waals surface area (Å²) >= 11 is 0. The zero-order valence-corrected chi connectivity index (χ0v) is 7.38. The second-order valence-corrected chi connectivity index (χ2v) is 2.85. The van der Waals surface area contributed by atoms with Gasteiger partial charge in [-0.25, -0.2) is 4.39 Å². The first-order valence-corrected chi connectivity index (χ1v) is 3.68. The number of halogens is 2. The van der Waals surface area contributed by atoms with Gasteiger partial charge in [0.05, 0.1) is 0 Å². The number of hydrogen-bond acceptors (Lipinski definition) is 2. The predicted octanol–water partition coefficient (Wildman–Crippen LogP) is 1.94. The van der Waals surface area contributed by atoms with Gasteiger partial charge < -0.3 is 5.73 Å². The van der Waals surface area contributed by atoms with Crippen molar-refractivity contribution < 1.29 is 4.39 Å². The molecule has 0 spiro atoms. The highest BCUT2D eigenvalue weighted by atomic mass is 35.5.